The molecule has 5 N–H and O–H groups in total. The lowest BCUT2D eigenvalue weighted by molar-refractivity contribution is -0.151. The van der Waals surface area contributed by atoms with E-state index in [1.165, 1.54) is 17.0 Å². The van der Waals surface area contributed by atoms with Gasteiger partial charge in [0.2, 0.25) is 15.9 Å². The fraction of sp³-hybridized carbons (Fsp3) is 0.560. The smallest absolute Gasteiger partial charge is 0.325 e. The van der Waals surface area contributed by atoms with Gasteiger partial charge in [-0.2, -0.15) is 4.72 Å². The number of hydrogen-bond donors (Lipinski definition) is 4. The Bertz CT molecular complexity index is 1180. The number of esters is 1. The van der Waals surface area contributed by atoms with Crippen molar-refractivity contribution < 1.29 is 22.7 Å². The van der Waals surface area contributed by atoms with Crippen LogP contribution >= 0.6 is 23.2 Å². The Morgan fingerprint density at radius 2 is 1.87 bits per heavy atom. The lowest BCUT2D eigenvalue weighted by Gasteiger charge is -2.33. The van der Waals surface area contributed by atoms with Gasteiger partial charge in [-0.15, -0.1) is 0 Å². The maximum absolute atomic E-state index is 14.0. The number of benzene rings is 1. The standard InChI is InChI=1S/C25H36Cl2N6O5S/c1-2-38-22(34)16-33(17-8-5-3-4-6-9-17)24(35)21(10-7-11-29-25-30-12-13-31-25)32-39(36,37)18-14-19(26)23(28)20(27)15-18/h12-15,17,21,32H,2-11,16,28H2,1H3,(H2,29,30,31)/t21-/m0/s1. The third-order valence-corrected chi connectivity index (χ3v) is 8.65. The molecule has 0 radical (unpaired) electrons. The zero-order chi connectivity index (χ0) is 28.4. The molecule has 1 saturated carbocycles. The van der Waals surface area contributed by atoms with E-state index in [0.29, 0.717) is 18.9 Å². The maximum atomic E-state index is 14.0. The number of nitrogen functional groups attached to an aromatic ring is 1. The molecule has 3 rings (SSSR count). The number of aromatic nitrogens is 2. The molecule has 0 saturated heterocycles. The highest BCUT2D eigenvalue weighted by atomic mass is 35.5. The fourth-order valence-corrected chi connectivity index (χ4v) is 6.47. The molecule has 1 fully saturated rings. The monoisotopic (exact) mass is 602 g/mol. The Morgan fingerprint density at radius 1 is 1.21 bits per heavy atom. The van der Waals surface area contributed by atoms with Crippen molar-refractivity contribution in [2.24, 2.45) is 0 Å². The molecule has 1 atom stereocenters. The summed E-state index contributed by atoms with van der Waals surface area (Å²) in [6.45, 7) is 2.06. The van der Waals surface area contributed by atoms with Gasteiger partial charge in [0.25, 0.3) is 0 Å². The van der Waals surface area contributed by atoms with E-state index in [9.17, 15) is 18.0 Å². The van der Waals surface area contributed by atoms with Crippen LogP contribution in [0.15, 0.2) is 29.4 Å². The zero-order valence-corrected chi connectivity index (χ0v) is 24.2. The maximum Gasteiger partial charge on any atom is 0.325 e. The number of amides is 1. The summed E-state index contributed by atoms with van der Waals surface area (Å²) in [6, 6.07) is 1.03. The van der Waals surface area contributed by atoms with Crippen LogP contribution < -0.4 is 15.8 Å². The number of nitrogens with one attached hydrogen (secondary N) is 3. The molecule has 216 valence electrons. The SMILES string of the molecule is CCOC(=O)CN(C(=O)[C@H](CCCNc1ncc[nH]1)NS(=O)(=O)c1cc(Cl)c(N)c(Cl)c1)C1CCCCCC1. The number of nitrogens with zero attached hydrogens (tertiary/aromatic N) is 2. The van der Waals surface area contributed by atoms with Gasteiger partial charge in [-0.3, -0.25) is 9.59 Å². The van der Waals surface area contributed by atoms with Crippen molar-refractivity contribution in [2.75, 3.05) is 30.7 Å². The summed E-state index contributed by atoms with van der Waals surface area (Å²) in [6.07, 6.45) is 9.26. The predicted octanol–water partition coefficient (Wildman–Crippen LogP) is 3.95. The zero-order valence-electron chi connectivity index (χ0n) is 21.9. The van der Waals surface area contributed by atoms with E-state index >= 15 is 0 Å². The van der Waals surface area contributed by atoms with Crippen LogP contribution in [0, 0.1) is 0 Å². The molecule has 1 aliphatic carbocycles. The first-order valence-corrected chi connectivity index (χ1v) is 15.3. The van der Waals surface area contributed by atoms with E-state index in [4.69, 9.17) is 33.7 Å². The van der Waals surface area contributed by atoms with Gasteiger partial charge in [0.05, 0.1) is 27.2 Å². The summed E-state index contributed by atoms with van der Waals surface area (Å²) in [5.41, 5.74) is 5.83. The van der Waals surface area contributed by atoms with Crippen molar-refractivity contribution >= 4 is 56.7 Å². The number of carbonyl (C=O) groups is 2. The first-order chi connectivity index (χ1) is 18.6. The summed E-state index contributed by atoms with van der Waals surface area (Å²) >= 11 is 12.2. The van der Waals surface area contributed by atoms with Crippen LogP contribution in [-0.2, 0) is 24.3 Å². The van der Waals surface area contributed by atoms with Gasteiger partial charge in [-0.05, 0) is 44.7 Å². The number of nitrogens with two attached hydrogens (primary N) is 1. The summed E-state index contributed by atoms with van der Waals surface area (Å²) in [5.74, 6) is -0.454. The first kappa shape index (κ1) is 31.0. The van der Waals surface area contributed by atoms with E-state index in [-0.39, 0.29) is 46.2 Å². The van der Waals surface area contributed by atoms with Crippen LogP contribution in [0.2, 0.25) is 10.0 Å². The van der Waals surface area contributed by atoms with Crippen LogP contribution in [0.5, 0.6) is 0 Å². The van der Waals surface area contributed by atoms with Crippen LogP contribution in [0.3, 0.4) is 0 Å². The number of halogens is 2. The van der Waals surface area contributed by atoms with Gasteiger partial charge < -0.3 is 25.7 Å². The Kier molecular flexibility index (Phi) is 11.7. The number of ether oxygens (including phenoxy) is 1. The van der Waals surface area contributed by atoms with Gasteiger partial charge >= 0.3 is 5.97 Å². The van der Waals surface area contributed by atoms with Crippen LogP contribution in [-0.4, -0.2) is 66.9 Å². The summed E-state index contributed by atoms with van der Waals surface area (Å²) in [4.78, 5) is 34.8. The first-order valence-electron chi connectivity index (χ1n) is 13.1. The molecule has 39 heavy (non-hydrogen) atoms. The Hall–Kier alpha value is -2.54. The number of hydrogen-bond acceptors (Lipinski definition) is 8. The second-order valence-corrected chi connectivity index (χ2v) is 11.9. The predicted molar refractivity (Wildman–Crippen MR) is 151 cm³/mol. The molecule has 1 heterocycles. The van der Waals surface area contributed by atoms with Gasteiger partial charge in [0.1, 0.15) is 12.6 Å². The largest absolute Gasteiger partial charge is 0.465 e. The number of carbonyl (C=O) groups excluding carboxylic acids is 2. The van der Waals surface area contributed by atoms with Crippen molar-refractivity contribution in [3.63, 3.8) is 0 Å². The Morgan fingerprint density at radius 3 is 2.46 bits per heavy atom. The normalized spacial score (nSPS) is 15.4. The minimum Gasteiger partial charge on any atom is -0.465 e. The number of imidazole rings is 1. The minimum atomic E-state index is -4.23. The van der Waals surface area contributed by atoms with E-state index < -0.39 is 27.9 Å². The molecule has 2 aromatic rings. The third kappa shape index (κ3) is 8.99. The molecule has 0 bridgehead atoms. The Balaban J connectivity index is 1.87. The number of H-pyrrole nitrogens is 1. The summed E-state index contributed by atoms with van der Waals surface area (Å²) in [7, 11) is -4.23. The molecule has 0 spiro atoms. The molecule has 1 aromatic carbocycles. The third-order valence-electron chi connectivity index (χ3n) is 6.57. The topological polar surface area (TPSA) is 160 Å². The van der Waals surface area contributed by atoms with E-state index in [1.54, 1.807) is 19.3 Å². The van der Waals surface area contributed by atoms with E-state index in [1.807, 2.05) is 0 Å². The molecule has 11 nitrogen and oxygen atoms in total. The molecule has 0 unspecified atom stereocenters. The highest BCUT2D eigenvalue weighted by Crippen LogP contribution is 2.31. The highest BCUT2D eigenvalue weighted by molar-refractivity contribution is 7.89. The number of anilines is 2. The van der Waals surface area contributed by atoms with Gasteiger partial charge in [-0.25, -0.2) is 13.4 Å². The molecule has 0 aliphatic heterocycles. The average Bonchev–Trinajstić information content (AvgIpc) is 3.27. The van der Waals surface area contributed by atoms with Crippen molar-refractivity contribution in [3.05, 3.63) is 34.6 Å². The fourth-order valence-electron chi connectivity index (χ4n) is 4.58. The number of aromatic amines is 1. The molecular weight excluding hydrogens is 567 g/mol. The van der Waals surface area contributed by atoms with Crippen LogP contribution in [0.4, 0.5) is 11.6 Å². The lowest BCUT2D eigenvalue weighted by Crippen LogP contribution is -2.53. The van der Waals surface area contributed by atoms with Crippen molar-refractivity contribution in [2.45, 2.75) is 75.3 Å². The molecule has 1 aliphatic rings. The average molecular weight is 604 g/mol. The molecular formula is C25H36Cl2N6O5S. The molecule has 1 aromatic heterocycles. The minimum absolute atomic E-state index is 0.0178. The highest BCUT2D eigenvalue weighted by Gasteiger charge is 2.34. The van der Waals surface area contributed by atoms with Crippen molar-refractivity contribution in [1.82, 2.24) is 19.6 Å². The summed E-state index contributed by atoms with van der Waals surface area (Å²) < 4.78 is 34.5. The quantitative estimate of drug-likeness (QED) is 0.116. The van der Waals surface area contributed by atoms with Crippen molar-refractivity contribution in [1.29, 1.82) is 0 Å². The van der Waals surface area contributed by atoms with E-state index in [2.05, 4.69) is 20.0 Å². The number of sulfonamides is 1. The van der Waals surface area contributed by atoms with Crippen LogP contribution in [0.1, 0.15) is 58.3 Å². The van der Waals surface area contributed by atoms with Crippen LogP contribution in [0.25, 0.3) is 0 Å². The van der Waals surface area contributed by atoms with Gasteiger partial charge in [0.15, 0.2) is 5.95 Å². The van der Waals surface area contributed by atoms with E-state index in [0.717, 1.165) is 38.5 Å². The summed E-state index contributed by atoms with van der Waals surface area (Å²) in [5, 5.41) is 3.06. The Labute approximate surface area is 239 Å². The number of rotatable bonds is 13. The molecule has 14 heteroatoms. The van der Waals surface area contributed by atoms with Gasteiger partial charge in [-0.1, -0.05) is 48.9 Å². The second kappa shape index (κ2) is 14.7. The van der Waals surface area contributed by atoms with Crippen molar-refractivity contribution in [3.8, 4) is 0 Å². The second-order valence-electron chi connectivity index (χ2n) is 9.40. The molecule has 1 amide bonds. The van der Waals surface area contributed by atoms with Gasteiger partial charge in [0, 0.05) is 25.0 Å². The lowest BCUT2D eigenvalue weighted by atomic mass is 10.0.